The second-order valence-corrected chi connectivity index (χ2v) is 8.13. The number of rotatable bonds is 3. The Morgan fingerprint density at radius 3 is 2.38 bits per heavy atom. The van der Waals surface area contributed by atoms with Crippen molar-refractivity contribution in [2.24, 2.45) is 0 Å². The molecule has 29 heavy (non-hydrogen) atoms. The lowest BCUT2D eigenvalue weighted by atomic mass is 9.85. The minimum Gasteiger partial charge on any atom is -0.336 e. The molecule has 6 heteroatoms. The van der Waals surface area contributed by atoms with Crippen LogP contribution in [0, 0.1) is 5.82 Å². The van der Waals surface area contributed by atoms with E-state index in [-0.39, 0.29) is 35.8 Å². The number of benzene rings is 2. The normalized spacial score (nSPS) is 23.5. The van der Waals surface area contributed by atoms with Gasteiger partial charge in [0.1, 0.15) is 5.82 Å². The van der Waals surface area contributed by atoms with Crippen molar-refractivity contribution in [2.45, 2.75) is 50.1 Å². The van der Waals surface area contributed by atoms with Crippen LogP contribution >= 0.6 is 0 Å². The van der Waals surface area contributed by atoms with Crippen molar-refractivity contribution >= 4 is 16.7 Å². The molecule has 1 amide bonds. The minimum atomic E-state index is -0.239. The van der Waals surface area contributed by atoms with E-state index in [1.807, 2.05) is 35.2 Å². The smallest absolute Gasteiger partial charge is 0.272 e. The first-order valence-corrected chi connectivity index (χ1v) is 10.1. The molecule has 1 N–H and O–H groups in total. The Morgan fingerprint density at radius 2 is 1.69 bits per heavy atom. The summed E-state index contributed by atoms with van der Waals surface area (Å²) in [6.45, 7) is 0. The van der Waals surface area contributed by atoms with Crippen molar-refractivity contribution in [2.75, 3.05) is 0 Å². The molecule has 3 aromatic rings. The number of carbonyl (C=O) groups is 1. The summed E-state index contributed by atoms with van der Waals surface area (Å²) in [6.07, 6.45) is 4.02. The van der Waals surface area contributed by atoms with Gasteiger partial charge in [0.05, 0.1) is 17.5 Å². The quantitative estimate of drug-likeness (QED) is 0.743. The molecule has 2 bridgehead atoms. The van der Waals surface area contributed by atoms with Gasteiger partial charge >= 0.3 is 0 Å². The minimum absolute atomic E-state index is 0.0692. The van der Waals surface area contributed by atoms with E-state index in [4.69, 9.17) is 0 Å². The van der Waals surface area contributed by atoms with Crippen LogP contribution in [-0.2, 0) is 11.2 Å². The van der Waals surface area contributed by atoms with E-state index in [1.54, 1.807) is 6.07 Å². The zero-order valence-corrected chi connectivity index (χ0v) is 16.0. The van der Waals surface area contributed by atoms with Crippen LogP contribution in [0.25, 0.3) is 10.8 Å². The van der Waals surface area contributed by atoms with Crippen LogP contribution in [0.5, 0.6) is 0 Å². The van der Waals surface area contributed by atoms with Gasteiger partial charge in [-0.2, -0.15) is 5.10 Å². The average Bonchev–Trinajstić information content (AvgIpc) is 3.00. The van der Waals surface area contributed by atoms with E-state index in [0.29, 0.717) is 17.0 Å². The molecule has 5 rings (SSSR count). The van der Waals surface area contributed by atoms with Gasteiger partial charge in [0.25, 0.3) is 5.56 Å². The van der Waals surface area contributed by atoms with E-state index >= 15 is 0 Å². The van der Waals surface area contributed by atoms with Crippen molar-refractivity contribution in [1.29, 1.82) is 0 Å². The Labute approximate surface area is 167 Å². The van der Waals surface area contributed by atoms with E-state index in [0.717, 1.165) is 36.6 Å². The lowest BCUT2D eigenvalue weighted by molar-refractivity contribution is -0.135. The van der Waals surface area contributed by atoms with Crippen molar-refractivity contribution in [3.8, 4) is 0 Å². The summed E-state index contributed by atoms with van der Waals surface area (Å²) in [6, 6.07) is 14.5. The number of nitrogens with zero attached hydrogens (tertiary/aromatic N) is 2. The summed E-state index contributed by atoms with van der Waals surface area (Å²) >= 11 is 0. The molecule has 3 atom stereocenters. The molecule has 2 aliphatic rings. The third-order valence-electron chi connectivity index (χ3n) is 6.46. The number of nitrogens with one attached hydrogen (secondary N) is 1. The van der Waals surface area contributed by atoms with Gasteiger partial charge in [0.15, 0.2) is 0 Å². The molecule has 0 radical (unpaired) electrons. The first-order chi connectivity index (χ1) is 14.1. The lowest BCUT2D eigenvalue weighted by Crippen LogP contribution is -2.46. The molecule has 2 aliphatic heterocycles. The van der Waals surface area contributed by atoms with Gasteiger partial charge < -0.3 is 4.90 Å². The molecule has 0 aliphatic carbocycles. The molecular formula is C23H22FN3O2. The molecule has 5 nitrogen and oxygen atoms in total. The molecule has 0 spiro atoms. The van der Waals surface area contributed by atoms with Crippen LogP contribution in [0.15, 0.2) is 53.3 Å². The van der Waals surface area contributed by atoms with Gasteiger partial charge in [0, 0.05) is 17.5 Å². The third-order valence-corrected chi connectivity index (χ3v) is 6.46. The zero-order chi connectivity index (χ0) is 20.0. The van der Waals surface area contributed by atoms with Crippen molar-refractivity contribution in [3.05, 3.63) is 76.0 Å². The number of piperidine rings is 1. The predicted octanol–water partition coefficient (Wildman–Crippen LogP) is 3.54. The fourth-order valence-electron chi connectivity index (χ4n) is 5.13. The highest BCUT2D eigenvalue weighted by Gasteiger charge is 2.43. The Kier molecular flexibility index (Phi) is 4.42. The Bertz CT molecular complexity index is 1110. The molecule has 2 fully saturated rings. The summed E-state index contributed by atoms with van der Waals surface area (Å²) in [7, 11) is 0. The fourth-order valence-corrected chi connectivity index (χ4v) is 5.13. The largest absolute Gasteiger partial charge is 0.336 e. The zero-order valence-electron chi connectivity index (χ0n) is 16.0. The van der Waals surface area contributed by atoms with Crippen LogP contribution in [0.1, 0.15) is 42.9 Å². The third kappa shape index (κ3) is 3.22. The highest BCUT2D eigenvalue weighted by Crippen LogP contribution is 2.43. The van der Waals surface area contributed by atoms with E-state index < -0.39 is 0 Å². The Balaban J connectivity index is 1.36. The van der Waals surface area contributed by atoms with Crippen LogP contribution in [-0.4, -0.2) is 33.1 Å². The van der Waals surface area contributed by atoms with Crippen molar-refractivity contribution < 1.29 is 9.18 Å². The number of aromatic amines is 1. The number of amides is 1. The molecular weight excluding hydrogens is 369 g/mol. The maximum atomic E-state index is 13.2. The Hall–Kier alpha value is -3.02. The van der Waals surface area contributed by atoms with Gasteiger partial charge in [-0.1, -0.05) is 30.3 Å². The number of hydrogen-bond donors (Lipinski definition) is 1. The van der Waals surface area contributed by atoms with Crippen molar-refractivity contribution in [1.82, 2.24) is 15.1 Å². The topological polar surface area (TPSA) is 66.1 Å². The summed E-state index contributed by atoms with van der Waals surface area (Å²) in [5, 5.41) is 7.97. The van der Waals surface area contributed by atoms with Crippen LogP contribution in [0.2, 0.25) is 0 Å². The molecule has 2 saturated heterocycles. The van der Waals surface area contributed by atoms with Gasteiger partial charge in [-0.05, 0) is 55.4 Å². The van der Waals surface area contributed by atoms with Crippen LogP contribution in [0.3, 0.4) is 0 Å². The first kappa shape index (κ1) is 18.0. The average molecular weight is 391 g/mol. The van der Waals surface area contributed by atoms with Crippen LogP contribution in [0.4, 0.5) is 4.39 Å². The van der Waals surface area contributed by atoms with E-state index in [2.05, 4.69) is 10.2 Å². The van der Waals surface area contributed by atoms with Gasteiger partial charge in [0.2, 0.25) is 5.91 Å². The monoisotopic (exact) mass is 391 g/mol. The molecule has 2 aromatic carbocycles. The summed E-state index contributed by atoms with van der Waals surface area (Å²) in [4.78, 5) is 27.2. The van der Waals surface area contributed by atoms with E-state index in [9.17, 15) is 14.0 Å². The van der Waals surface area contributed by atoms with Gasteiger partial charge in [-0.15, -0.1) is 0 Å². The molecule has 3 heterocycles. The van der Waals surface area contributed by atoms with Gasteiger partial charge in [-0.3, -0.25) is 9.59 Å². The fraction of sp³-hybridized carbons (Fsp3) is 0.348. The predicted molar refractivity (Wildman–Crippen MR) is 108 cm³/mol. The standard InChI is InChI=1S/C23H22FN3O2/c24-16-7-5-14(6-8-16)15-11-17-9-10-18(12-15)27(17)22(28)13-21-19-3-1-2-4-20(19)23(29)26-25-21/h1-8,15,17-18H,9-13H2,(H,26,29)/t15?,17-,18+. The molecule has 148 valence electrons. The highest BCUT2D eigenvalue weighted by atomic mass is 19.1. The summed E-state index contributed by atoms with van der Waals surface area (Å²) < 4.78 is 13.2. The molecule has 0 saturated carbocycles. The second kappa shape index (κ2) is 7.10. The number of aromatic nitrogens is 2. The maximum Gasteiger partial charge on any atom is 0.272 e. The highest BCUT2D eigenvalue weighted by molar-refractivity contribution is 5.88. The van der Waals surface area contributed by atoms with Crippen LogP contribution < -0.4 is 5.56 Å². The maximum absolute atomic E-state index is 13.2. The summed E-state index contributed by atoms with van der Waals surface area (Å²) in [5.41, 5.74) is 1.53. The molecule has 1 aromatic heterocycles. The number of fused-ring (bicyclic) bond motifs is 3. The first-order valence-electron chi connectivity index (χ1n) is 10.1. The number of halogens is 1. The SMILES string of the molecule is O=C(Cc1n[nH]c(=O)c2ccccc12)N1[C@@H]2CC[C@H]1CC(c1ccc(F)cc1)C2. The van der Waals surface area contributed by atoms with Gasteiger partial charge in [-0.25, -0.2) is 9.49 Å². The molecule has 1 unspecified atom stereocenters. The second-order valence-electron chi connectivity index (χ2n) is 8.13. The lowest BCUT2D eigenvalue weighted by Gasteiger charge is -2.39. The van der Waals surface area contributed by atoms with E-state index in [1.165, 1.54) is 12.1 Å². The van der Waals surface area contributed by atoms with Crippen molar-refractivity contribution in [3.63, 3.8) is 0 Å². The summed E-state index contributed by atoms with van der Waals surface area (Å²) in [5.74, 6) is 0.217. The number of H-pyrrole nitrogens is 1. The number of hydrogen-bond acceptors (Lipinski definition) is 3. The Morgan fingerprint density at radius 1 is 1.03 bits per heavy atom. The number of carbonyl (C=O) groups excluding carboxylic acids is 1.